The monoisotopic (exact) mass is 291 g/mol. The third-order valence-corrected chi connectivity index (χ3v) is 2.88. The maximum Gasteiger partial charge on any atom is 0.417 e. The van der Waals surface area contributed by atoms with Gasteiger partial charge >= 0.3 is 6.18 Å². The van der Waals surface area contributed by atoms with Crippen molar-refractivity contribution >= 4 is 23.1 Å². The predicted molar refractivity (Wildman–Crippen MR) is 67.6 cm³/mol. The molecule has 0 radical (unpaired) electrons. The molecule has 1 amide bonds. The van der Waals surface area contributed by atoms with E-state index < -0.39 is 23.2 Å². The van der Waals surface area contributed by atoms with Crippen LogP contribution in [-0.4, -0.2) is 21.4 Å². The molecule has 1 aromatic heterocycles. The minimum absolute atomic E-state index is 0.0627. The summed E-state index contributed by atoms with van der Waals surface area (Å²) in [5.41, 5.74) is 3.42. The van der Waals surface area contributed by atoms with Gasteiger partial charge < -0.3 is 11.1 Å². The Kier molecular flexibility index (Phi) is 4.14. The third-order valence-electron chi connectivity index (χ3n) is 2.37. The third kappa shape index (κ3) is 3.88. The zero-order chi connectivity index (χ0) is 14.8. The van der Waals surface area contributed by atoms with Crippen molar-refractivity contribution in [1.82, 2.24) is 10.3 Å². The number of alkyl halides is 3. The summed E-state index contributed by atoms with van der Waals surface area (Å²) < 4.78 is 37.0. The highest BCUT2D eigenvalue weighted by atomic mass is 32.1. The SMILES string of the molecule is CC(C)(NC(=O)c1ccc(C(F)(F)F)cn1)C(N)=S. The number of carbonyl (C=O) groups excluding carboxylic acids is 1. The van der Waals surface area contributed by atoms with E-state index >= 15 is 0 Å². The van der Waals surface area contributed by atoms with Crippen LogP contribution in [0.2, 0.25) is 0 Å². The summed E-state index contributed by atoms with van der Waals surface area (Å²) in [7, 11) is 0. The van der Waals surface area contributed by atoms with Gasteiger partial charge in [-0.1, -0.05) is 12.2 Å². The maximum absolute atomic E-state index is 12.3. The van der Waals surface area contributed by atoms with Crippen molar-refractivity contribution in [2.75, 3.05) is 0 Å². The Morgan fingerprint density at radius 3 is 2.32 bits per heavy atom. The van der Waals surface area contributed by atoms with Gasteiger partial charge in [0.05, 0.1) is 16.1 Å². The first-order chi connectivity index (χ1) is 8.54. The van der Waals surface area contributed by atoms with E-state index in [-0.39, 0.29) is 10.7 Å². The molecule has 0 spiro atoms. The Morgan fingerprint density at radius 2 is 1.95 bits per heavy atom. The molecule has 4 nitrogen and oxygen atoms in total. The first kappa shape index (κ1) is 15.4. The number of rotatable bonds is 3. The van der Waals surface area contributed by atoms with Gasteiger partial charge in [-0.05, 0) is 26.0 Å². The molecule has 0 atom stereocenters. The van der Waals surface area contributed by atoms with E-state index in [1.807, 2.05) is 0 Å². The molecule has 3 N–H and O–H groups in total. The molecule has 0 saturated carbocycles. The smallest absolute Gasteiger partial charge is 0.391 e. The van der Waals surface area contributed by atoms with Crippen LogP contribution in [0, 0.1) is 0 Å². The number of hydrogen-bond acceptors (Lipinski definition) is 3. The van der Waals surface area contributed by atoms with E-state index in [0.29, 0.717) is 6.20 Å². The number of aromatic nitrogens is 1. The molecule has 0 saturated heterocycles. The number of nitrogens with one attached hydrogen (secondary N) is 1. The summed E-state index contributed by atoms with van der Waals surface area (Å²) in [5.74, 6) is -0.647. The Bertz CT molecular complexity index is 497. The van der Waals surface area contributed by atoms with Gasteiger partial charge in [0.15, 0.2) is 0 Å². The molecule has 0 aromatic carbocycles. The van der Waals surface area contributed by atoms with Crippen molar-refractivity contribution in [2.45, 2.75) is 25.6 Å². The molecule has 1 aromatic rings. The number of hydrogen-bond donors (Lipinski definition) is 2. The van der Waals surface area contributed by atoms with Crippen LogP contribution < -0.4 is 11.1 Å². The Balaban J connectivity index is 2.88. The van der Waals surface area contributed by atoms with E-state index in [1.165, 1.54) is 0 Å². The van der Waals surface area contributed by atoms with E-state index in [2.05, 4.69) is 10.3 Å². The molecule has 0 bridgehead atoms. The van der Waals surface area contributed by atoms with Gasteiger partial charge in [0.2, 0.25) is 0 Å². The summed E-state index contributed by atoms with van der Waals surface area (Å²) in [6.45, 7) is 3.16. The second-order valence-corrected chi connectivity index (χ2v) is 4.81. The van der Waals surface area contributed by atoms with E-state index in [9.17, 15) is 18.0 Å². The summed E-state index contributed by atoms with van der Waals surface area (Å²) >= 11 is 4.76. The molecule has 104 valence electrons. The van der Waals surface area contributed by atoms with Crippen molar-refractivity contribution in [3.05, 3.63) is 29.6 Å². The van der Waals surface area contributed by atoms with E-state index in [1.54, 1.807) is 13.8 Å². The average Bonchev–Trinajstić information content (AvgIpc) is 2.27. The van der Waals surface area contributed by atoms with Crippen LogP contribution in [0.25, 0.3) is 0 Å². The van der Waals surface area contributed by atoms with Crippen LogP contribution in [0.5, 0.6) is 0 Å². The Morgan fingerprint density at radius 1 is 1.37 bits per heavy atom. The minimum atomic E-state index is -4.49. The molecule has 8 heteroatoms. The molecule has 0 aliphatic rings. The first-order valence-corrected chi connectivity index (χ1v) is 5.60. The lowest BCUT2D eigenvalue weighted by Crippen LogP contribution is -2.52. The van der Waals surface area contributed by atoms with Crippen LogP contribution in [0.1, 0.15) is 29.9 Å². The fourth-order valence-corrected chi connectivity index (χ4v) is 1.16. The molecule has 1 heterocycles. The largest absolute Gasteiger partial charge is 0.417 e. The van der Waals surface area contributed by atoms with E-state index in [0.717, 1.165) is 12.1 Å². The number of halogens is 3. The molecule has 0 fully saturated rings. The quantitative estimate of drug-likeness (QED) is 0.835. The zero-order valence-corrected chi connectivity index (χ0v) is 11.0. The zero-order valence-electron chi connectivity index (χ0n) is 10.2. The van der Waals surface area contributed by atoms with Crippen LogP contribution in [-0.2, 0) is 6.18 Å². The molecular weight excluding hydrogens is 279 g/mol. The summed E-state index contributed by atoms with van der Waals surface area (Å²) in [6.07, 6.45) is -3.89. The summed E-state index contributed by atoms with van der Waals surface area (Å²) in [6, 6.07) is 1.78. The predicted octanol–water partition coefficient (Wildman–Crippen LogP) is 1.89. The number of amides is 1. The highest BCUT2D eigenvalue weighted by Crippen LogP contribution is 2.28. The van der Waals surface area contributed by atoms with Crippen LogP contribution >= 0.6 is 12.2 Å². The molecule has 0 aliphatic heterocycles. The topological polar surface area (TPSA) is 68.0 Å². The van der Waals surface area contributed by atoms with Crippen molar-refractivity contribution in [3.63, 3.8) is 0 Å². The van der Waals surface area contributed by atoms with Gasteiger partial charge in [0, 0.05) is 6.20 Å². The Hall–Kier alpha value is -1.70. The highest BCUT2D eigenvalue weighted by Gasteiger charge is 2.31. The van der Waals surface area contributed by atoms with Crippen molar-refractivity contribution < 1.29 is 18.0 Å². The normalized spacial score (nSPS) is 12.1. The molecule has 0 unspecified atom stereocenters. The summed E-state index contributed by atoms with van der Waals surface area (Å²) in [4.78, 5) is 15.3. The van der Waals surface area contributed by atoms with Gasteiger partial charge in [-0.2, -0.15) is 13.2 Å². The van der Waals surface area contributed by atoms with Gasteiger partial charge in [0.1, 0.15) is 5.69 Å². The second-order valence-electron chi connectivity index (χ2n) is 4.37. The van der Waals surface area contributed by atoms with Crippen LogP contribution in [0.15, 0.2) is 18.3 Å². The molecule has 1 rings (SSSR count). The standard InChI is InChI=1S/C11H12F3N3OS/c1-10(2,9(15)19)17-8(18)7-4-3-6(5-16-7)11(12,13)14/h3-5H,1-2H3,(H2,15,19)(H,17,18). The number of thiocarbonyl (C=S) groups is 1. The molecule has 0 aliphatic carbocycles. The number of nitrogens with two attached hydrogens (primary N) is 1. The second kappa shape index (κ2) is 5.12. The lowest BCUT2D eigenvalue weighted by atomic mass is 10.1. The van der Waals surface area contributed by atoms with Crippen LogP contribution in [0.4, 0.5) is 13.2 Å². The Labute approximate surface area is 113 Å². The number of pyridine rings is 1. The van der Waals surface area contributed by atoms with Crippen molar-refractivity contribution in [2.24, 2.45) is 5.73 Å². The van der Waals surface area contributed by atoms with Crippen LogP contribution in [0.3, 0.4) is 0 Å². The number of nitrogens with zero attached hydrogens (tertiary/aromatic N) is 1. The average molecular weight is 291 g/mol. The lowest BCUT2D eigenvalue weighted by Gasteiger charge is -2.24. The fraction of sp³-hybridized carbons (Fsp3) is 0.364. The van der Waals surface area contributed by atoms with Crippen molar-refractivity contribution in [3.8, 4) is 0 Å². The van der Waals surface area contributed by atoms with Gasteiger partial charge in [0.25, 0.3) is 5.91 Å². The number of carbonyl (C=O) groups is 1. The van der Waals surface area contributed by atoms with Crippen molar-refractivity contribution in [1.29, 1.82) is 0 Å². The fourth-order valence-electron chi connectivity index (χ4n) is 1.11. The highest BCUT2D eigenvalue weighted by molar-refractivity contribution is 7.80. The van der Waals surface area contributed by atoms with E-state index in [4.69, 9.17) is 18.0 Å². The first-order valence-electron chi connectivity index (χ1n) is 5.20. The van der Waals surface area contributed by atoms with Gasteiger partial charge in [-0.15, -0.1) is 0 Å². The molecular formula is C11H12F3N3OS. The molecule has 19 heavy (non-hydrogen) atoms. The van der Waals surface area contributed by atoms with Gasteiger partial charge in [-0.3, -0.25) is 9.78 Å². The van der Waals surface area contributed by atoms with Gasteiger partial charge in [-0.25, -0.2) is 0 Å². The lowest BCUT2D eigenvalue weighted by molar-refractivity contribution is -0.137. The minimum Gasteiger partial charge on any atom is -0.391 e. The summed E-state index contributed by atoms with van der Waals surface area (Å²) in [5, 5.41) is 2.48. The maximum atomic E-state index is 12.3.